The maximum Gasteiger partial charge on any atom is 0.0783 e. The van der Waals surface area contributed by atoms with Gasteiger partial charge in [0, 0.05) is 23.3 Å². The van der Waals surface area contributed by atoms with Crippen LogP contribution in [0, 0.1) is 5.92 Å². The molecule has 2 aliphatic heterocycles. The van der Waals surface area contributed by atoms with Crippen molar-refractivity contribution in [3.05, 3.63) is 22.4 Å². The van der Waals surface area contributed by atoms with Gasteiger partial charge in [0.05, 0.1) is 5.60 Å². The van der Waals surface area contributed by atoms with Gasteiger partial charge in [-0.05, 0) is 61.8 Å². The largest absolute Gasteiger partial charge is 0.374 e. The lowest BCUT2D eigenvalue weighted by molar-refractivity contribution is -0.0850. The molecule has 3 rings (SSSR count). The Hall–Kier alpha value is -0.0300. The van der Waals surface area contributed by atoms with Gasteiger partial charge >= 0.3 is 0 Å². The Labute approximate surface area is 137 Å². The molecular formula is C17H27NOS2. The van der Waals surface area contributed by atoms with Crippen molar-refractivity contribution in [3.8, 4) is 0 Å². The lowest BCUT2D eigenvalue weighted by atomic mass is 9.80. The first-order valence-electron chi connectivity index (χ1n) is 8.29. The third-order valence-corrected chi connectivity index (χ3v) is 6.95. The number of thioether (sulfide) groups is 1. The Morgan fingerprint density at radius 2 is 2.48 bits per heavy atom. The van der Waals surface area contributed by atoms with Gasteiger partial charge in [-0.1, -0.05) is 13.0 Å². The summed E-state index contributed by atoms with van der Waals surface area (Å²) >= 11 is 3.97. The van der Waals surface area contributed by atoms with E-state index in [0.29, 0.717) is 6.04 Å². The Bertz CT molecular complexity index is 414. The number of thiophene rings is 1. The predicted octanol–water partition coefficient (Wildman–Crippen LogP) is 3.96. The summed E-state index contributed by atoms with van der Waals surface area (Å²) in [6.45, 7) is 4.35. The molecule has 21 heavy (non-hydrogen) atoms. The van der Waals surface area contributed by atoms with Crippen molar-refractivity contribution in [1.82, 2.24) is 5.32 Å². The molecule has 3 atom stereocenters. The molecule has 2 fully saturated rings. The molecule has 0 amide bonds. The van der Waals surface area contributed by atoms with Crippen LogP contribution in [0.2, 0.25) is 0 Å². The number of rotatable bonds is 6. The zero-order chi connectivity index (χ0) is 14.5. The summed E-state index contributed by atoms with van der Waals surface area (Å²) in [6.07, 6.45) is 6.14. The zero-order valence-corrected chi connectivity index (χ0v) is 14.6. The normalized spacial score (nSPS) is 30.8. The van der Waals surface area contributed by atoms with Crippen molar-refractivity contribution >= 4 is 23.1 Å². The first kappa shape index (κ1) is 15.9. The molecule has 0 bridgehead atoms. The highest BCUT2D eigenvalue weighted by molar-refractivity contribution is 7.99. The van der Waals surface area contributed by atoms with E-state index in [1.54, 1.807) is 0 Å². The number of nitrogens with one attached hydrogen (secondary N) is 1. The molecule has 1 spiro atoms. The highest BCUT2D eigenvalue weighted by atomic mass is 32.2. The smallest absolute Gasteiger partial charge is 0.0783 e. The lowest BCUT2D eigenvalue weighted by Crippen LogP contribution is -2.48. The molecule has 3 heterocycles. The maximum atomic E-state index is 6.20. The molecule has 0 aromatic carbocycles. The second-order valence-electron chi connectivity index (χ2n) is 6.43. The Morgan fingerprint density at radius 1 is 1.52 bits per heavy atom. The van der Waals surface area contributed by atoms with Crippen LogP contribution in [0.4, 0.5) is 0 Å². The summed E-state index contributed by atoms with van der Waals surface area (Å²) in [5.41, 5.74) is 0.204. The van der Waals surface area contributed by atoms with Crippen molar-refractivity contribution < 1.29 is 4.74 Å². The van der Waals surface area contributed by atoms with Gasteiger partial charge in [0.2, 0.25) is 0 Å². The lowest BCUT2D eigenvalue weighted by Gasteiger charge is -2.41. The molecule has 1 aromatic rings. The zero-order valence-electron chi connectivity index (χ0n) is 13.0. The van der Waals surface area contributed by atoms with Crippen LogP contribution in [0.1, 0.15) is 37.5 Å². The summed E-state index contributed by atoms with van der Waals surface area (Å²) in [6, 6.07) is 5.08. The number of hydrogen-bond donors (Lipinski definition) is 1. The van der Waals surface area contributed by atoms with Gasteiger partial charge in [-0.2, -0.15) is 11.8 Å². The molecule has 0 radical (unpaired) electrons. The molecule has 0 saturated carbocycles. The quantitative estimate of drug-likeness (QED) is 0.855. The summed E-state index contributed by atoms with van der Waals surface area (Å²) < 4.78 is 6.20. The van der Waals surface area contributed by atoms with E-state index in [4.69, 9.17) is 4.74 Å². The Kier molecular flexibility index (Phi) is 5.66. The molecular weight excluding hydrogens is 298 g/mol. The van der Waals surface area contributed by atoms with Gasteiger partial charge in [-0.15, -0.1) is 11.3 Å². The van der Waals surface area contributed by atoms with E-state index in [-0.39, 0.29) is 5.60 Å². The minimum atomic E-state index is 0.204. The fraction of sp³-hybridized carbons (Fsp3) is 0.765. The Balaban J connectivity index is 1.66. The highest BCUT2D eigenvalue weighted by Crippen LogP contribution is 2.41. The summed E-state index contributed by atoms with van der Waals surface area (Å²) in [5.74, 6) is 3.26. The SMILES string of the molecule is CCCNC(Cc1cccs1)C1CCOC2(CCSC2)C1. The van der Waals surface area contributed by atoms with Gasteiger partial charge in [0.1, 0.15) is 0 Å². The van der Waals surface area contributed by atoms with Crippen LogP contribution >= 0.6 is 23.1 Å². The molecule has 0 aliphatic carbocycles. The van der Waals surface area contributed by atoms with Crippen LogP contribution in [0.3, 0.4) is 0 Å². The van der Waals surface area contributed by atoms with E-state index < -0.39 is 0 Å². The summed E-state index contributed by atoms with van der Waals surface area (Å²) in [7, 11) is 0. The third-order valence-electron chi connectivity index (χ3n) is 4.82. The first-order chi connectivity index (χ1) is 10.3. The van der Waals surface area contributed by atoms with Gasteiger partial charge in [-0.25, -0.2) is 0 Å². The molecule has 2 aliphatic rings. The second-order valence-corrected chi connectivity index (χ2v) is 8.57. The number of ether oxygens (including phenoxy) is 1. The van der Waals surface area contributed by atoms with Crippen LogP contribution in [0.25, 0.3) is 0 Å². The molecule has 3 unspecified atom stereocenters. The molecule has 2 saturated heterocycles. The number of hydrogen-bond acceptors (Lipinski definition) is 4. The summed E-state index contributed by atoms with van der Waals surface area (Å²) in [5, 5.41) is 6.03. The standard InChI is InChI=1S/C17H27NOS2/c1-2-7-18-16(11-15-4-3-9-21-15)14-5-8-19-17(12-14)6-10-20-13-17/h3-4,9,14,16,18H,2,5-8,10-13H2,1H3. The van der Waals surface area contributed by atoms with Crippen LogP contribution < -0.4 is 5.32 Å². The van der Waals surface area contributed by atoms with Crippen molar-refractivity contribution in [1.29, 1.82) is 0 Å². The summed E-state index contributed by atoms with van der Waals surface area (Å²) in [4.78, 5) is 1.52. The van der Waals surface area contributed by atoms with Crippen molar-refractivity contribution in [2.75, 3.05) is 24.7 Å². The van der Waals surface area contributed by atoms with Gasteiger partial charge < -0.3 is 10.1 Å². The van der Waals surface area contributed by atoms with E-state index in [1.165, 1.54) is 48.5 Å². The van der Waals surface area contributed by atoms with Crippen molar-refractivity contribution in [3.63, 3.8) is 0 Å². The molecule has 4 heteroatoms. The van der Waals surface area contributed by atoms with Crippen molar-refractivity contribution in [2.45, 2.75) is 50.7 Å². The van der Waals surface area contributed by atoms with Gasteiger partial charge in [0.15, 0.2) is 0 Å². The minimum Gasteiger partial charge on any atom is -0.374 e. The van der Waals surface area contributed by atoms with Gasteiger partial charge in [0.25, 0.3) is 0 Å². The second kappa shape index (κ2) is 7.49. The van der Waals surface area contributed by atoms with Crippen LogP contribution in [-0.4, -0.2) is 36.3 Å². The van der Waals surface area contributed by atoms with E-state index in [1.807, 2.05) is 11.3 Å². The highest BCUT2D eigenvalue weighted by Gasteiger charge is 2.42. The average molecular weight is 326 g/mol. The monoisotopic (exact) mass is 325 g/mol. The van der Waals surface area contributed by atoms with Crippen molar-refractivity contribution in [2.24, 2.45) is 5.92 Å². The van der Waals surface area contributed by atoms with Crippen LogP contribution in [-0.2, 0) is 11.2 Å². The predicted molar refractivity (Wildman–Crippen MR) is 93.5 cm³/mol. The Morgan fingerprint density at radius 3 is 3.19 bits per heavy atom. The van der Waals surface area contributed by atoms with E-state index >= 15 is 0 Å². The fourth-order valence-corrected chi connectivity index (χ4v) is 5.80. The maximum absolute atomic E-state index is 6.20. The van der Waals surface area contributed by atoms with E-state index in [2.05, 4.69) is 41.5 Å². The third kappa shape index (κ3) is 4.04. The fourth-order valence-electron chi connectivity index (χ4n) is 3.65. The van der Waals surface area contributed by atoms with E-state index in [0.717, 1.165) is 19.1 Å². The molecule has 1 N–H and O–H groups in total. The minimum absolute atomic E-state index is 0.204. The van der Waals surface area contributed by atoms with E-state index in [9.17, 15) is 0 Å². The molecule has 1 aromatic heterocycles. The van der Waals surface area contributed by atoms with Crippen LogP contribution in [0.15, 0.2) is 17.5 Å². The average Bonchev–Trinajstić information content (AvgIpc) is 3.16. The first-order valence-corrected chi connectivity index (χ1v) is 10.3. The molecule has 2 nitrogen and oxygen atoms in total. The van der Waals surface area contributed by atoms with Crippen LogP contribution in [0.5, 0.6) is 0 Å². The molecule has 118 valence electrons. The van der Waals surface area contributed by atoms with Gasteiger partial charge in [-0.3, -0.25) is 0 Å². The topological polar surface area (TPSA) is 21.3 Å².